The fraction of sp³-hybridized carbons (Fsp3) is 0. The standard InChI is InChI=1S/C54H36N3OP/c58-59(43-20-8-3-9-21-43)50-26-14-11-23-45(50)52-44-22-10-13-25-49(44)57(53(52)46-24-12-15-27-51(46)59)42-34-32-40(33-35-42)48-36-47(55-54(56-48)41-18-6-2-7-19-41)39-30-28-38(29-31-39)37-16-4-1-5-17-37/h1-36H. The van der Waals surface area contributed by atoms with Gasteiger partial charge in [-0.3, -0.25) is 0 Å². The minimum atomic E-state index is -3.28. The lowest BCUT2D eigenvalue weighted by Crippen LogP contribution is -2.26. The lowest BCUT2D eigenvalue weighted by Gasteiger charge is -2.22. The van der Waals surface area contributed by atoms with Crippen LogP contribution in [0.3, 0.4) is 0 Å². The van der Waals surface area contributed by atoms with Gasteiger partial charge < -0.3 is 9.13 Å². The van der Waals surface area contributed by atoms with Gasteiger partial charge in [0.05, 0.1) is 22.6 Å². The zero-order chi connectivity index (χ0) is 39.3. The molecule has 4 nitrogen and oxygen atoms in total. The van der Waals surface area contributed by atoms with Crippen LogP contribution < -0.4 is 15.9 Å². The first kappa shape index (κ1) is 34.8. The Labute approximate surface area is 343 Å². The van der Waals surface area contributed by atoms with Gasteiger partial charge in [0.1, 0.15) is 0 Å². The summed E-state index contributed by atoms with van der Waals surface area (Å²) in [6.07, 6.45) is 0. The quantitative estimate of drug-likeness (QED) is 0.158. The van der Waals surface area contributed by atoms with Crippen LogP contribution in [-0.4, -0.2) is 14.5 Å². The van der Waals surface area contributed by atoms with Crippen molar-refractivity contribution >= 4 is 34.0 Å². The molecular weight excluding hydrogens is 738 g/mol. The molecule has 0 spiro atoms. The van der Waals surface area contributed by atoms with E-state index in [-0.39, 0.29) is 0 Å². The van der Waals surface area contributed by atoms with Crippen LogP contribution in [0.25, 0.3) is 84.0 Å². The van der Waals surface area contributed by atoms with Gasteiger partial charge in [0.15, 0.2) is 13.0 Å². The van der Waals surface area contributed by atoms with E-state index in [4.69, 9.17) is 9.97 Å². The zero-order valence-electron chi connectivity index (χ0n) is 32.0. The molecule has 0 N–H and O–H groups in total. The molecule has 2 aromatic heterocycles. The van der Waals surface area contributed by atoms with Gasteiger partial charge in [0.25, 0.3) is 0 Å². The molecule has 0 aliphatic carbocycles. The fourth-order valence-corrected chi connectivity index (χ4v) is 11.7. The van der Waals surface area contributed by atoms with E-state index in [0.29, 0.717) is 5.82 Å². The Morgan fingerprint density at radius 1 is 0.407 bits per heavy atom. The number of hydrogen-bond donors (Lipinski definition) is 0. The molecule has 1 aliphatic rings. The Morgan fingerprint density at radius 3 is 1.54 bits per heavy atom. The van der Waals surface area contributed by atoms with Gasteiger partial charge in [-0.25, -0.2) is 9.97 Å². The van der Waals surface area contributed by atoms with Crippen molar-refractivity contribution in [2.45, 2.75) is 0 Å². The second kappa shape index (κ2) is 14.2. The first-order valence-electron chi connectivity index (χ1n) is 19.9. The van der Waals surface area contributed by atoms with E-state index < -0.39 is 7.14 Å². The molecule has 1 unspecified atom stereocenters. The van der Waals surface area contributed by atoms with E-state index >= 15 is 4.57 Å². The molecule has 1 atom stereocenters. The number of fused-ring (bicyclic) bond motifs is 7. The molecule has 10 aromatic rings. The van der Waals surface area contributed by atoms with Crippen molar-refractivity contribution in [1.29, 1.82) is 0 Å². The number of nitrogens with zero attached hydrogens (tertiary/aromatic N) is 3. The van der Waals surface area contributed by atoms with E-state index in [2.05, 4.69) is 156 Å². The molecule has 11 rings (SSSR count). The van der Waals surface area contributed by atoms with Crippen LogP contribution in [0, 0.1) is 0 Å². The SMILES string of the molecule is O=P1(c2ccccc2)c2ccccc2-c2c(n(-c3ccc(-c4cc(-c5ccc(-c6ccccc6)cc5)nc(-c5ccccc5)n4)cc3)c3ccccc23)-c2ccccc21. The van der Waals surface area contributed by atoms with Crippen LogP contribution in [-0.2, 0) is 4.57 Å². The average molecular weight is 774 g/mol. The minimum Gasteiger partial charge on any atom is -0.309 e. The maximum Gasteiger partial charge on any atom is 0.172 e. The molecular formula is C54H36N3OP. The van der Waals surface area contributed by atoms with Gasteiger partial charge in [0, 0.05) is 54.8 Å². The Hall–Kier alpha value is -7.39. The Kier molecular flexibility index (Phi) is 8.39. The summed E-state index contributed by atoms with van der Waals surface area (Å²) in [5, 5.41) is 3.65. The molecule has 0 bridgehead atoms. The highest BCUT2D eigenvalue weighted by Gasteiger charge is 2.39. The first-order valence-corrected chi connectivity index (χ1v) is 21.6. The molecule has 1 aliphatic heterocycles. The van der Waals surface area contributed by atoms with Crippen LogP contribution in [0.1, 0.15) is 0 Å². The number of rotatable bonds is 6. The van der Waals surface area contributed by atoms with Crippen molar-refractivity contribution in [3.8, 4) is 73.1 Å². The fourth-order valence-electron chi connectivity index (χ4n) is 8.69. The van der Waals surface area contributed by atoms with Crippen LogP contribution in [0.4, 0.5) is 0 Å². The highest BCUT2D eigenvalue weighted by Crippen LogP contribution is 2.54. The largest absolute Gasteiger partial charge is 0.309 e. The van der Waals surface area contributed by atoms with Gasteiger partial charge in [0.2, 0.25) is 0 Å². The van der Waals surface area contributed by atoms with Crippen molar-refractivity contribution in [3.63, 3.8) is 0 Å². The topological polar surface area (TPSA) is 47.8 Å². The third-order valence-electron chi connectivity index (χ3n) is 11.5. The summed E-state index contributed by atoms with van der Waals surface area (Å²) in [4.78, 5) is 10.2. The smallest absolute Gasteiger partial charge is 0.172 e. The average Bonchev–Trinajstić information content (AvgIpc) is 3.63. The van der Waals surface area contributed by atoms with E-state index in [1.165, 1.54) is 5.56 Å². The van der Waals surface area contributed by atoms with Gasteiger partial charge in [-0.2, -0.15) is 0 Å². The Balaban J connectivity index is 1.08. The molecule has 0 radical (unpaired) electrons. The lowest BCUT2D eigenvalue weighted by atomic mass is 9.98. The molecule has 0 saturated carbocycles. The van der Waals surface area contributed by atoms with Crippen molar-refractivity contribution < 1.29 is 4.57 Å². The predicted molar refractivity (Wildman–Crippen MR) is 244 cm³/mol. The van der Waals surface area contributed by atoms with Crippen molar-refractivity contribution in [1.82, 2.24) is 14.5 Å². The maximum atomic E-state index is 16.0. The summed E-state index contributed by atoms with van der Waals surface area (Å²) in [6, 6.07) is 75.0. The molecule has 59 heavy (non-hydrogen) atoms. The van der Waals surface area contributed by atoms with Gasteiger partial charge >= 0.3 is 0 Å². The van der Waals surface area contributed by atoms with Crippen molar-refractivity contribution in [2.75, 3.05) is 0 Å². The predicted octanol–water partition coefficient (Wildman–Crippen LogP) is 12.4. The lowest BCUT2D eigenvalue weighted by molar-refractivity contribution is 0.592. The number of benzene rings is 8. The number of para-hydroxylation sites is 1. The third kappa shape index (κ3) is 5.80. The molecule has 5 heteroatoms. The minimum absolute atomic E-state index is 0.675. The van der Waals surface area contributed by atoms with Crippen LogP contribution >= 0.6 is 7.14 Å². The zero-order valence-corrected chi connectivity index (χ0v) is 32.9. The molecule has 8 aromatic carbocycles. The summed E-state index contributed by atoms with van der Waals surface area (Å²) in [7, 11) is -3.28. The van der Waals surface area contributed by atoms with Gasteiger partial charge in [-0.1, -0.05) is 194 Å². The Morgan fingerprint density at radius 2 is 0.881 bits per heavy atom. The maximum absolute atomic E-state index is 16.0. The summed E-state index contributed by atoms with van der Waals surface area (Å²) in [5.74, 6) is 0.675. The first-order chi connectivity index (χ1) is 29.1. The molecule has 0 amide bonds. The van der Waals surface area contributed by atoms with E-state index in [0.717, 1.165) is 88.5 Å². The second-order valence-electron chi connectivity index (χ2n) is 14.9. The van der Waals surface area contributed by atoms with Crippen molar-refractivity contribution in [3.05, 3.63) is 218 Å². The summed E-state index contributed by atoms with van der Waals surface area (Å²) in [6.45, 7) is 0. The number of hydrogen-bond acceptors (Lipinski definition) is 3. The van der Waals surface area contributed by atoms with Gasteiger partial charge in [-0.15, -0.1) is 0 Å². The highest BCUT2D eigenvalue weighted by molar-refractivity contribution is 7.85. The third-order valence-corrected chi connectivity index (χ3v) is 14.6. The Bertz CT molecular complexity index is 3210. The van der Waals surface area contributed by atoms with Crippen LogP contribution in [0.5, 0.6) is 0 Å². The van der Waals surface area contributed by atoms with E-state index in [9.17, 15) is 0 Å². The molecule has 0 saturated heterocycles. The number of aromatic nitrogens is 3. The normalized spacial score (nSPS) is 14.2. The summed E-state index contributed by atoms with van der Waals surface area (Å²) < 4.78 is 18.3. The summed E-state index contributed by atoms with van der Waals surface area (Å²) >= 11 is 0. The molecule has 3 heterocycles. The van der Waals surface area contributed by atoms with Crippen LogP contribution in [0.2, 0.25) is 0 Å². The summed E-state index contributed by atoms with van der Waals surface area (Å²) in [5.41, 5.74) is 13.2. The van der Waals surface area contributed by atoms with Crippen molar-refractivity contribution in [2.24, 2.45) is 0 Å². The van der Waals surface area contributed by atoms with Gasteiger partial charge in [-0.05, 0) is 41.0 Å². The monoisotopic (exact) mass is 773 g/mol. The second-order valence-corrected chi connectivity index (χ2v) is 17.6. The highest BCUT2D eigenvalue weighted by atomic mass is 31.2. The molecule has 278 valence electrons. The molecule has 0 fully saturated rings. The van der Waals surface area contributed by atoms with E-state index in [1.54, 1.807) is 0 Å². The van der Waals surface area contributed by atoms with E-state index in [1.807, 2.05) is 66.7 Å². The van der Waals surface area contributed by atoms with Crippen LogP contribution in [0.15, 0.2) is 218 Å².